The van der Waals surface area contributed by atoms with Crippen LogP contribution in [0.4, 0.5) is 4.39 Å². The standard InChI is InChI=1S/C21H20ClFN2/c1-14(15-3-6-17(23)7-4-15)12-25-20-8-5-16(22)11-19(20)18-9-10-24(2)13-21(18)25/h3-8,11-12H,9-10,13H2,1-2H3. The van der Waals surface area contributed by atoms with E-state index in [0.717, 1.165) is 35.7 Å². The minimum Gasteiger partial charge on any atom is -0.318 e. The Morgan fingerprint density at radius 3 is 2.68 bits per heavy atom. The van der Waals surface area contributed by atoms with E-state index in [9.17, 15) is 4.39 Å². The van der Waals surface area contributed by atoms with Crippen LogP contribution >= 0.6 is 11.6 Å². The minimum absolute atomic E-state index is 0.211. The molecule has 2 aromatic carbocycles. The van der Waals surface area contributed by atoms with Crippen LogP contribution in [0.2, 0.25) is 5.02 Å². The van der Waals surface area contributed by atoms with Gasteiger partial charge in [-0.15, -0.1) is 0 Å². The average Bonchev–Trinajstić information content (AvgIpc) is 2.88. The van der Waals surface area contributed by atoms with Crippen molar-refractivity contribution in [2.45, 2.75) is 19.9 Å². The van der Waals surface area contributed by atoms with Crippen LogP contribution in [0.15, 0.2) is 42.5 Å². The summed E-state index contributed by atoms with van der Waals surface area (Å²) < 4.78 is 15.5. The zero-order valence-corrected chi connectivity index (χ0v) is 15.1. The third kappa shape index (κ3) is 2.99. The molecule has 0 spiro atoms. The quantitative estimate of drug-likeness (QED) is 0.595. The molecule has 1 aromatic heterocycles. The van der Waals surface area contributed by atoms with E-state index < -0.39 is 0 Å². The lowest BCUT2D eigenvalue weighted by molar-refractivity contribution is 0.308. The fraction of sp³-hybridized carbons (Fsp3) is 0.238. The molecule has 0 radical (unpaired) electrons. The van der Waals surface area contributed by atoms with Crippen molar-refractivity contribution < 1.29 is 4.39 Å². The Morgan fingerprint density at radius 1 is 1.16 bits per heavy atom. The molecule has 128 valence electrons. The van der Waals surface area contributed by atoms with Crippen LogP contribution in [0.5, 0.6) is 0 Å². The second-order valence-corrected chi connectivity index (χ2v) is 7.20. The molecule has 25 heavy (non-hydrogen) atoms. The van der Waals surface area contributed by atoms with Crippen molar-refractivity contribution in [1.82, 2.24) is 9.47 Å². The molecule has 4 heteroatoms. The van der Waals surface area contributed by atoms with E-state index in [1.165, 1.54) is 34.3 Å². The van der Waals surface area contributed by atoms with Gasteiger partial charge in [-0.05, 0) is 67.4 Å². The number of hydrogen-bond acceptors (Lipinski definition) is 1. The second kappa shape index (κ2) is 6.32. The zero-order chi connectivity index (χ0) is 17.6. The topological polar surface area (TPSA) is 8.17 Å². The molecule has 1 aliphatic rings. The van der Waals surface area contributed by atoms with Gasteiger partial charge < -0.3 is 9.47 Å². The fourth-order valence-electron chi connectivity index (χ4n) is 3.62. The highest BCUT2D eigenvalue weighted by molar-refractivity contribution is 6.31. The third-order valence-electron chi connectivity index (χ3n) is 4.97. The molecule has 0 saturated heterocycles. The Balaban J connectivity index is 1.90. The molecule has 0 fully saturated rings. The summed E-state index contributed by atoms with van der Waals surface area (Å²) in [6.07, 6.45) is 3.18. The molecule has 0 atom stereocenters. The van der Waals surface area contributed by atoms with Crippen LogP contribution in [0.1, 0.15) is 23.7 Å². The van der Waals surface area contributed by atoms with E-state index in [1.54, 1.807) is 0 Å². The van der Waals surface area contributed by atoms with Gasteiger partial charge in [-0.3, -0.25) is 0 Å². The molecule has 0 saturated carbocycles. The summed E-state index contributed by atoms with van der Waals surface area (Å²) in [6.45, 7) is 4.03. The van der Waals surface area contributed by atoms with E-state index in [4.69, 9.17) is 11.6 Å². The Morgan fingerprint density at radius 2 is 1.92 bits per heavy atom. The summed E-state index contributed by atoms with van der Waals surface area (Å²) in [7, 11) is 2.15. The highest BCUT2D eigenvalue weighted by Crippen LogP contribution is 2.33. The van der Waals surface area contributed by atoms with Crippen molar-refractivity contribution in [1.29, 1.82) is 0 Å². The summed E-state index contributed by atoms with van der Waals surface area (Å²) in [5.74, 6) is -0.211. The summed E-state index contributed by atoms with van der Waals surface area (Å²) in [4.78, 5) is 2.33. The van der Waals surface area contributed by atoms with Gasteiger partial charge in [0.25, 0.3) is 0 Å². The maximum Gasteiger partial charge on any atom is 0.123 e. The average molecular weight is 355 g/mol. The third-order valence-corrected chi connectivity index (χ3v) is 5.20. The molecule has 0 unspecified atom stereocenters. The van der Waals surface area contributed by atoms with E-state index in [2.05, 4.69) is 41.8 Å². The predicted molar refractivity (Wildman–Crippen MR) is 103 cm³/mol. The molecule has 2 nitrogen and oxygen atoms in total. The van der Waals surface area contributed by atoms with Crippen molar-refractivity contribution in [3.05, 3.63) is 70.1 Å². The number of hydrogen-bond donors (Lipinski definition) is 0. The molecule has 2 heterocycles. The molecule has 3 aromatic rings. The molecular weight excluding hydrogens is 335 g/mol. The zero-order valence-electron chi connectivity index (χ0n) is 14.4. The predicted octanol–water partition coefficient (Wildman–Crippen LogP) is 5.44. The van der Waals surface area contributed by atoms with Crippen LogP contribution in [-0.4, -0.2) is 23.1 Å². The Kier molecular flexibility index (Phi) is 4.14. The summed E-state index contributed by atoms with van der Waals surface area (Å²) >= 11 is 6.24. The number of benzene rings is 2. The first kappa shape index (κ1) is 16.4. The first-order chi connectivity index (χ1) is 12.0. The first-order valence-corrected chi connectivity index (χ1v) is 8.85. The largest absolute Gasteiger partial charge is 0.318 e. The van der Waals surface area contributed by atoms with Gasteiger partial charge in [0.1, 0.15) is 5.82 Å². The number of aromatic nitrogens is 1. The number of rotatable bonds is 2. The van der Waals surface area contributed by atoms with Gasteiger partial charge in [0.05, 0.1) is 5.52 Å². The molecule has 0 N–H and O–H groups in total. The van der Waals surface area contributed by atoms with Gasteiger partial charge in [-0.25, -0.2) is 4.39 Å². The molecule has 0 amide bonds. The molecular formula is C21H20ClFN2. The Labute approximate surface area is 152 Å². The molecule has 0 aliphatic carbocycles. The van der Waals surface area contributed by atoms with Gasteiger partial charge in [0, 0.05) is 35.4 Å². The van der Waals surface area contributed by atoms with Gasteiger partial charge >= 0.3 is 0 Å². The smallest absolute Gasteiger partial charge is 0.123 e. The van der Waals surface area contributed by atoms with Gasteiger partial charge in [0.2, 0.25) is 0 Å². The van der Waals surface area contributed by atoms with Crippen molar-refractivity contribution in [2.75, 3.05) is 13.6 Å². The van der Waals surface area contributed by atoms with E-state index in [0.29, 0.717) is 0 Å². The lowest BCUT2D eigenvalue weighted by atomic mass is 10.0. The second-order valence-electron chi connectivity index (χ2n) is 6.76. The van der Waals surface area contributed by atoms with Crippen molar-refractivity contribution >= 4 is 34.3 Å². The van der Waals surface area contributed by atoms with E-state index in [1.807, 2.05) is 18.2 Å². The summed E-state index contributed by atoms with van der Waals surface area (Å²) in [6, 6.07) is 12.7. The van der Waals surface area contributed by atoms with E-state index in [-0.39, 0.29) is 5.82 Å². The normalized spacial score (nSPS) is 15.6. The molecule has 1 aliphatic heterocycles. The van der Waals surface area contributed by atoms with Crippen LogP contribution in [-0.2, 0) is 13.0 Å². The highest BCUT2D eigenvalue weighted by atomic mass is 35.5. The van der Waals surface area contributed by atoms with Crippen LogP contribution < -0.4 is 0 Å². The van der Waals surface area contributed by atoms with Crippen molar-refractivity contribution in [3.63, 3.8) is 0 Å². The van der Waals surface area contributed by atoms with Crippen LogP contribution in [0, 0.1) is 5.82 Å². The first-order valence-electron chi connectivity index (χ1n) is 8.47. The molecule has 4 rings (SSSR count). The maximum absolute atomic E-state index is 13.2. The Bertz CT molecular complexity index is 970. The number of halogens is 2. The lowest BCUT2D eigenvalue weighted by Gasteiger charge is -2.24. The lowest BCUT2D eigenvalue weighted by Crippen LogP contribution is -2.27. The van der Waals surface area contributed by atoms with Crippen LogP contribution in [0.3, 0.4) is 0 Å². The van der Waals surface area contributed by atoms with Crippen molar-refractivity contribution in [3.8, 4) is 0 Å². The number of fused-ring (bicyclic) bond motifs is 3. The fourth-order valence-corrected chi connectivity index (χ4v) is 3.79. The number of nitrogens with zero attached hydrogens (tertiary/aromatic N) is 2. The number of likely N-dealkylation sites (N-methyl/N-ethyl adjacent to an activating group) is 1. The summed E-state index contributed by atoms with van der Waals surface area (Å²) in [5.41, 5.74) is 6.00. The molecule has 0 bridgehead atoms. The Hall–Kier alpha value is -2.10. The van der Waals surface area contributed by atoms with Crippen LogP contribution in [0.25, 0.3) is 22.7 Å². The monoisotopic (exact) mass is 354 g/mol. The van der Waals surface area contributed by atoms with Gasteiger partial charge in [0.15, 0.2) is 0 Å². The van der Waals surface area contributed by atoms with Gasteiger partial charge in [-0.2, -0.15) is 0 Å². The van der Waals surface area contributed by atoms with Crippen molar-refractivity contribution in [2.24, 2.45) is 0 Å². The minimum atomic E-state index is -0.211. The highest BCUT2D eigenvalue weighted by Gasteiger charge is 2.22. The maximum atomic E-state index is 13.2. The summed E-state index contributed by atoms with van der Waals surface area (Å²) in [5, 5.41) is 2.00. The number of allylic oxidation sites excluding steroid dienone is 1. The van der Waals surface area contributed by atoms with E-state index >= 15 is 0 Å². The SMILES string of the molecule is CC(=Cn1c2c(c3cc(Cl)ccc31)CCN(C)C2)c1ccc(F)cc1. The van der Waals surface area contributed by atoms with Gasteiger partial charge in [-0.1, -0.05) is 23.7 Å².